The average molecular weight is 426 g/mol. The van der Waals surface area contributed by atoms with Gasteiger partial charge in [-0.05, 0) is 50.1 Å². The number of nitrogens with zero attached hydrogens (tertiary/aromatic N) is 3. The minimum Gasteiger partial charge on any atom is -0.493 e. The molecule has 2 aromatic carbocycles. The number of ether oxygens (including phenoxy) is 1. The molecule has 0 spiro atoms. The molecule has 7 heteroatoms. The van der Waals surface area contributed by atoms with E-state index in [0.717, 1.165) is 33.3 Å². The van der Waals surface area contributed by atoms with E-state index in [-0.39, 0.29) is 0 Å². The first-order valence-electron chi connectivity index (χ1n) is 9.30. The van der Waals surface area contributed by atoms with Gasteiger partial charge in [0.15, 0.2) is 0 Å². The summed E-state index contributed by atoms with van der Waals surface area (Å²) in [4.78, 5) is 4.60. The first-order valence-corrected chi connectivity index (χ1v) is 10.7. The molecule has 0 bridgehead atoms. The summed E-state index contributed by atoms with van der Waals surface area (Å²) in [5.74, 6) is 1.75. The summed E-state index contributed by atoms with van der Waals surface area (Å²) < 4.78 is 11.5. The molecule has 0 N–H and O–H groups in total. The van der Waals surface area contributed by atoms with Gasteiger partial charge in [-0.2, -0.15) is 0 Å². The number of rotatable bonds is 6. The van der Waals surface area contributed by atoms with Gasteiger partial charge in [0, 0.05) is 16.7 Å². The molecule has 4 aromatic rings. The zero-order valence-electron chi connectivity index (χ0n) is 16.4. The number of thioether (sulfide) groups is 1. The van der Waals surface area contributed by atoms with Crippen LogP contribution in [0.2, 0.25) is 5.15 Å². The molecule has 0 atom stereocenters. The molecule has 2 heterocycles. The first-order chi connectivity index (χ1) is 14.1. The van der Waals surface area contributed by atoms with Crippen LogP contribution in [0.4, 0.5) is 0 Å². The second kappa shape index (κ2) is 8.43. The van der Waals surface area contributed by atoms with E-state index in [2.05, 4.69) is 47.2 Å². The van der Waals surface area contributed by atoms with Crippen molar-refractivity contribution in [3.05, 3.63) is 64.3 Å². The topological polar surface area (TPSA) is 61.0 Å². The highest BCUT2D eigenvalue weighted by Crippen LogP contribution is 2.33. The molecule has 0 saturated carbocycles. The van der Waals surface area contributed by atoms with Gasteiger partial charge in [0.1, 0.15) is 10.9 Å². The number of fused-ring (bicyclic) bond motifs is 1. The Bertz CT molecular complexity index is 1180. The molecule has 2 aromatic heterocycles. The summed E-state index contributed by atoms with van der Waals surface area (Å²) in [5, 5.41) is 10.4. The normalized spacial score (nSPS) is 11.2. The van der Waals surface area contributed by atoms with Gasteiger partial charge in [-0.3, -0.25) is 0 Å². The zero-order chi connectivity index (χ0) is 20.4. The fourth-order valence-electron chi connectivity index (χ4n) is 3.05. The summed E-state index contributed by atoms with van der Waals surface area (Å²) in [7, 11) is 0. The fourth-order valence-corrected chi connectivity index (χ4v) is 4.07. The Hall–Kier alpha value is -2.57. The van der Waals surface area contributed by atoms with Crippen LogP contribution < -0.4 is 4.74 Å². The van der Waals surface area contributed by atoms with Gasteiger partial charge in [0.05, 0.1) is 17.7 Å². The van der Waals surface area contributed by atoms with Crippen molar-refractivity contribution in [2.45, 2.75) is 31.7 Å². The lowest BCUT2D eigenvalue weighted by Crippen LogP contribution is -1.93. The Morgan fingerprint density at radius 2 is 1.93 bits per heavy atom. The second-order valence-electron chi connectivity index (χ2n) is 6.61. The van der Waals surface area contributed by atoms with Crippen molar-refractivity contribution < 1.29 is 9.15 Å². The second-order valence-corrected chi connectivity index (χ2v) is 7.89. The largest absolute Gasteiger partial charge is 0.493 e. The number of benzene rings is 2. The third-order valence-electron chi connectivity index (χ3n) is 4.71. The van der Waals surface area contributed by atoms with E-state index in [4.69, 9.17) is 20.8 Å². The smallest absolute Gasteiger partial charge is 0.277 e. The molecule has 0 saturated heterocycles. The van der Waals surface area contributed by atoms with Crippen molar-refractivity contribution in [2.75, 3.05) is 6.61 Å². The van der Waals surface area contributed by atoms with Gasteiger partial charge < -0.3 is 9.15 Å². The van der Waals surface area contributed by atoms with Crippen LogP contribution in [0.25, 0.3) is 22.4 Å². The van der Waals surface area contributed by atoms with Crippen LogP contribution in [0.1, 0.15) is 23.6 Å². The van der Waals surface area contributed by atoms with Crippen LogP contribution in [0.5, 0.6) is 5.75 Å². The van der Waals surface area contributed by atoms with E-state index in [1.165, 1.54) is 17.3 Å². The van der Waals surface area contributed by atoms with Crippen LogP contribution in [0, 0.1) is 13.8 Å². The van der Waals surface area contributed by atoms with Crippen molar-refractivity contribution >= 4 is 34.3 Å². The summed E-state index contributed by atoms with van der Waals surface area (Å²) in [6.07, 6.45) is 0. The fraction of sp³-hybridized carbons (Fsp3) is 0.227. The molecule has 0 amide bonds. The van der Waals surface area contributed by atoms with Crippen molar-refractivity contribution in [1.82, 2.24) is 15.2 Å². The Balaban J connectivity index is 1.55. The minimum atomic E-state index is 0.436. The van der Waals surface area contributed by atoms with Crippen LogP contribution in [0.3, 0.4) is 0 Å². The zero-order valence-corrected chi connectivity index (χ0v) is 18.0. The maximum atomic E-state index is 6.44. The highest BCUT2D eigenvalue weighted by Gasteiger charge is 2.15. The lowest BCUT2D eigenvalue weighted by atomic mass is 10.0. The summed E-state index contributed by atoms with van der Waals surface area (Å²) in [5.41, 5.74) is 5.01. The number of halogens is 1. The first kappa shape index (κ1) is 19.7. The number of aromatic nitrogens is 3. The monoisotopic (exact) mass is 425 g/mol. The number of aryl methyl sites for hydroxylation is 2. The maximum Gasteiger partial charge on any atom is 0.277 e. The number of hydrogen-bond acceptors (Lipinski definition) is 6. The Morgan fingerprint density at radius 1 is 1.10 bits per heavy atom. The van der Waals surface area contributed by atoms with Gasteiger partial charge in [-0.15, -0.1) is 10.2 Å². The van der Waals surface area contributed by atoms with E-state index >= 15 is 0 Å². The van der Waals surface area contributed by atoms with Crippen molar-refractivity contribution in [2.24, 2.45) is 0 Å². The molecule has 0 unspecified atom stereocenters. The SMILES string of the molecule is CCOc1ccccc1-c1nnc(SCc2cc3ccc(C)c(C)c3nc2Cl)o1. The Morgan fingerprint density at radius 3 is 2.76 bits per heavy atom. The van der Waals surface area contributed by atoms with Gasteiger partial charge in [-0.1, -0.05) is 47.6 Å². The molecule has 5 nitrogen and oxygen atoms in total. The highest BCUT2D eigenvalue weighted by atomic mass is 35.5. The number of hydrogen-bond donors (Lipinski definition) is 0. The number of para-hydroxylation sites is 1. The lowest BCUT2D eigenvalue weighted by molar-refractivity contribution is 0.340. The summed E-state index contributed by atoms with van der Waals surface area (Å²) >= 11 is 7.88. The van der Waals surface area contributed by atoms with E-state index in [1.807, 2.05) is 31.2 Å². The Kier molecular flexibility index (Phi) is 5.74. The molecule has 4 rings (SSSR count). The van der Waals surface area contributed by atoms with E-state index < -0.39 is 0 Å². The molecular formula is C22H20ClN3O2S. The van der Waals surface area contributed by atoms with Gasteiger partial charge in [0.2, 0.25) is 0 Å². The molecule has 29 heavy (non-hydrogen) atoms. The van der Waals surface area contributed by atoms with Crippen LogP contribution in [-0.4, -0.2) is 21.8 Å². The van der Waals surface area contributed by atoms with E-state index in [1.54, 1.807) is 0 Å². The maximum absolute atomic E-state index is 6.44. The van der Waals surface area contributed by atoms with Crippen LogP contribution in [-0.2, 0) is 5.75 Å². The predicted octanol–water partition coefficient (Wildman–Crippen LogP) is 6.25. The number of pyridine rings is 1. The van der Waals surface area contributed by atoms with E-state index in [9.17, 15) is 0 Å². The van der Waals surface area contributed by atoms with Crippen LogP contribution in [0.15, 0.2) is 52.1 Å². The van der Waals surface area contributed by atoms with Gasteiger partial charge in [-0.25, -0.2) is 4.98 Å². The molecule has 0 aliphatic heterocycles. The highest BCUT2D eigenvalue weighted by molar-refractivity contribution is 7.98. The summed E-state index contributed by atoms with van der Waals surface area (Å²) in [6, 6.07) is 13.9. The van der Waals surface area contributed by atoms with Crippen molar-refractivity contribution in [3.8, 4) is 17.2 Å². The quantitative estimate of drug-likeness (QED) is 0.269. The minimum absolute atomic E-state index is 0.436. The van der Waals surface area contributed by atoms with E-state index in [0.29, 0.717) is 28.6 Å². The molecule has 148 valence electrons. The molecule has 0 aliphatic carbocycles. The summed E-state index contributed by atoms with van der Waals surface area (Å²) in [6.45, 7) is 6.65. The van der Waals surface area contributed by atoms with Crippen LogP contribution >= 0.6 is 23.4 Å². The molecule has 0 fully saturated rings. The van der Waals surface area contributed by atoms with Gasteiger partial charge >= 0.3 is 0 Å². The molecular weight excluding hydrogens is 406 g/mol. The average Bonchev–Trinajstić information content (AvgIpc) is 3.19. The van der Waals surface area contributed by atoms with Crippen molar-refractivity contribution in [1.29, 1.82) is 0 Å². The van der Waals surface area contributed by atoms with Gasteiger partial charge in [0.25, 0.3) is 11.1 Å². The standard InChI is InChI=1S/C22H20ClN3O2S/c1-4-27-18-8-6-5-7-17(18)21-25-26-22(28-21)29-12-16-11-15-10-9-13(2)14(3)19(15)24-20(16)23/h5-11H,4,12H2,1-3H3. The molecule has 0 aliphatic rings. The van der Waals surface area contributed by atoms with Crippen molar-refractivity contribution in [3.63, 3.8) is 0 Å². The lowest BCUT2D eigenvalue weighted by Gasteiger charge is -2.08. The third kappa shape index (κ3) is 4.09. The molecule has 0 radical (unpaired) electrons. The Labute approximate surface area is 178 Å². The predicted molar refractivity (Wildman–Crippen MR) is 117 cm³/mol. The third-order valence-corrected chi connectivity index (χ3v) is 5.91.